The molecular formula is C15H23NO6. The highest BCUT2D eigenvalue weighted by atomic mass is 16.6. The fraction of sp³-hybridized carbons (Fsp3) is 0.667. The van der Waals surface area contributed by atoms with E-state index in [1.54, 1.807) is 32.9 Å². The number of amides is 1. The van der Waals surface area contributed by atoms with Crippen LogP contribution in [0.2, 0.25) is 0 Å². The molecule has 0 aromatic heterocycles. The van der Waals surface area contributed by atoms with E-state index in [4.69, 9.17) is 14.2 Å². The quantitative estimate of drug-likeness (QED) is 0.331. The zero-order valence-corrected chi connectivity index (χ0v) is 13.4. The van der Waals surface area contributed by atoms with Gasteiger partial charge in [-0.25, -0.2) is 4.79 Å². The topological polar surface area (TPSA) is 90.9 Å². The van der Waals surface area contributed by atoms with Gasteiger partial charge in [-0.15, -0.1) is 0 Å². The van der Waals surface area contributed by atoms with E-state index >= 15 is 0 Å². The number of carbonyl (C=O) groups is 3. The highest BCUT2D eigenvalue weighted by molar-refractivity contribution is 6.00. The van der Waals surface area contributed by atoms with Gasteiger partial charge < -0.3 is 19.5 Å². The van der Waals surface area contributed by atoms with Gasteiger partial charge in [-0.05, 0) is 27.7 Å². The molecule has 22 heavy (non-hydrogen) atoms. The molecular weight excluding hydrogens is 290 g/mol. The average molecular weight is 313 g/mol. The minimum atomic E-state index is -1.51. The number of hydrogen-bond acceptors (Lipinski definition) is 6. The zero-order valence-electron chi connectivity index (χ0n) is 13.4. The van der Waals surface area contributed by atoms with Crippen LogP contribution in [-0.2, 0) is 23.8 Å². The molecule has 124 valence electrons. The molecule has 2 atom stereocenters. The number of nitrogens with one attached hydrogen (secondary N) is 1. The van der Waals surface area contributed by atoms with Crippen molar-refractivity contribution >= 4 is 18.0 Å². The third kappa shape index (κ3) is 3.58. The van der Waals surface area contributed by atoms with E-state index in [1.807, 2.05) is 0 Å². The molecule has 0 fully saturated rings. The van der Waals surface area contributed by atoms with E-state index in [0.29, 0.717) is 0 Å². The van der Waals surface area contributed by atoms with Crippen molar-refractivity contribution in [3.63, 3.8) is 0 Å². The Labute approximate surface area is 130 Å². The van der Waals surface area contributed by atoms with Gasteiger partial charge in [-0.1, -0.05) is 12.2 Å². The molecule has 0 saturated carbocycles. The van der Waals surface area contributed by atoms with Gasteiger partial charge in [-0.3, -0.25) is 9.59 Å². The van der Waals surface area contributed by atoms with Crippen molar-refractivity contribution in [2.24, 2.45) is 11.3 Å². The zero-order chi connectivity index (χ0) is 16.8. The summed E-state index contributed by atoms with van der Waals surface area (Å²) in [5.41, 5.74) is -1.51. The third-order valence-electron chi connectivity index (χ3n) is 3.54. The van der Waals surface area contributed by atoms with Crippen LogP contribution in [0.5, 0.6) is 0 Å². The molecule has 0 spiro atoms. The molecule has 0 saturated heterocycles. The lowest BCUT2D eigenvalue weighted by atomic mass is 9.68. The SMILES string of the molecule is CCOC(=O)N[C@H]1C=C[C@H]1C(C)(C(=O)OCC)C(=O)OCC. The van der Waals surface area contributed by atoms with Gasteiger partial charge in [0.25, 0.3) is 0 Å². The smallest absolute Gasteiger partial charge is 0.407 e. The van der Waals surface area contributed by atoms with Crippen molar-refractivity contribution in [2.45, 2.75) is 33.7 Å². The maximum Gasteiger partial charge on any atom is 0.407 e. The van der Waals surface area contributed by atoms with Crippen molar-refractivity contribution in [2.75, 3.05) is 19.8 Å². The molecule has 1 aliphatic rings. The highest BCUT2D eigenvalue weighted by Gasteiger charge is 2.54. The molecule has 0 aromatic carbocycles. The summed E-state index contributed by atoms with van der Waals surface area (Å²) in [5.74, 6) is -1.88. The Kier molecular flexibility index (Phi) is 6.39. The Bertz CT molecular complexity index is 441. The van der Waals surface area contributed by atoms with Crippen molar-refractivity contribution in [1.29, 1.82) is 0 Å². The van der Waals surface area contributed by atoms with Gasteiger partial charge in [0.2, 0.25) is 0 Å². The van der Waals surface area contributed by atoms with E-state index in [2.05, 4.69) is 5.32 Å². The predicted molar refractivity (Wildman–Crippen MR) is 77.9 cm³/mol. The summed E-state index contributed by atoms with van der Waals surface area (Å²) in [7, 11) is 0. The van der Waals surface area contributed by atoms with Crippen molar-refractivity contribution < 1.29 is 28.6 Å². The van der Waals surface area contributed by atoms with Crippen molar-refractivity contribution in [3.05, 3.63) is 12.2 Å². The predicted octanol–water partition coefficient (Wildman–Crippen LogP) is 1.42. The molecule has 0 heterocycles. The first-order chi connectivity index (χ1) is 10.4. The van der Waals surface area contributed by atoms with E-state index in [9.17, 15) is 14.4 Å². The van der Waals surface area contributed by atoms with Gasteiger partial charge in [0.05, 0.1) is 25.9 Å². The second-order valence-corrected chi connectivity index (χ2v) is 4.94. The number of esters is 2. The summed E-state index contributed by atoms with van der Waals surface area (Å²) in [4.78, 5) is 36.1. The Hall–Kier alpha value is -2.05. The van der Waals surface area contributed by atoms with Crippen LogP contribution in [0.25, 0.3) is 0 Å². The van der Waals surface area contributed by atoms with Crippen LogP contribution in [-0.4, -0.2) is 43.9 Å². The Balaban J connectivity index is 2.93. The van der Waals surface area contributed by atoms with Gasteiger partial charge in [0, 0.05) is 5.92 Å². The molecule has 7 heteroatoms. The Morgan fingerprint density at radius 3 is 1.82 bits per heavy atom. The van der Waals surface area contributed by atoms with Gasteiger partial charge in [0.1, 0.15) is 0 Å². The number of ether oxygens (including phenoxy) is 3. The Morgan fingerprint density at radius 1 is 0.955 bits per heavy atom. The number of rotatable bonds is 7. The van der Waals surface area contributed by atoms with E-state index in [1.165, 1.54) is 6.92 Å². The van der Waals surface area contributed by atoms with Gasteiger partial charge in [-0.2, -0.15) is 0 Å². The molecule has 0 radical (unpaired) electrons. The summed E-state index contributed by atoms with van der Waals surface area (Å²) in [6.45, 7) is 7.02. The van der Waals surface area contributed by atoms with Crippen LogP contribution >= 0.6 is 0 Å². The average Bonchev–Trinajstić information content (AvgIpc) is 2.44. The third-order valence-corrected chi connectivity index (χ3v) is 3.54. The summed E-state index contributed by atoms with van der Waals surface area (Å²) >= 11 is 0. The standard InChI is InChI=1S/C15H23NO6/c1-5-20-12(17)15(4,13(18)21-6-2)10-8-9-11(10)16-14(19)22-7-3/h8-11H,5-7H2,1-4H3,(H,16,19)/t10-,11+/m1/s1. The normalized spacial score (nSPS) is 19.8. The maximum atomic E-state index is 12.3. The number of carbonyl (C=O) groups excluding carboxylic acids is 3. The molecule has 0 aromatic rings. The fourth-order valence-corrected chi connectivity index (χ4v) is 2.25. The molecule has 1 aliphatic carbocycles. The van der Waals surface area contributed by atoms with Crippen LogP contribution in [0.4, 0.5) is 4.79 Å². The second-order valence-electron chi connectivity index (χ2n) is 4.94. The Morgan fingerprint density at radius 2 is 1.45 bits per heavy atom. The lowest BCUT2D eigenvalue weighted by molar-refractivity contribution is -0.174. The first-order valence-corrected chi connectivity index (χ1v) is 7.37. The fourth-order valence-electron chi connectivity index (χ4n) is 2.25. The van der Waals surface area contributed by atoms with Crippen molar-refractivity contribution in [1.82, 2.24) is 5.32 Å². The number of hydrogen-bond donors (Lipinski definition) is 1. The van der Waals surface area contributed by atoms with Gasteiger partial charge in [0.15, 0.2) is 5.41 Å². The minimum absolute atomic E-state index is 0.153. The molecule has 0 unspecified atom stereocenters. The largest absolute Gasteiger partial charge is 0.465 e. The summed E-state index contributed by atoms with van der Waals surface area (Å²) < 4.78 is 14.8. The van der Waals surface area contributed by atoms with E-state index in [-0.39, 0.29) is 19.8 Å². The summed E-state index contributed by atoms with van der Waals surface area (Å²) in [5, 5.41) is 2.60. The van der Waals surface area contributed by atoms with Crippen LogP contribution < -0.4 is 5.32 Å². The van der Waals surface area contributed by atoms with Crippen LogP contribution in [0, 0.1) is 11.3 Å². The highest BCUT2D eigenvalue weighted by Crippen LogP contribution is 2.39. The monoisotopic (exact) mass is 313 g/mol. The lowest BCUT2D eigenvalue weighted by Gasteiger charge is -2.40. The number of alkyl carbamates (subject to hydrolysis) is 1. The van der Waals surface area contributed by atoms with Crippen LogP contribution in [0.1, 0.15) is 27.7 Å². The summed E-state index contributed by atoms with van der Waals surface area (Å²) in [6.07, 6.45) is 2.78. The van der Waals surface area contributed by atoms with Crippen LogP contribution in [0.3, 0.4) is 0 Å². The molecule has 0 aliphatic heterocycles. The minimum Gasteiger partial charge on any atom is -0.465 e. The molecule has 1 N–H and O–H groups in total. The molecule has 7 nitrogen and oxygen atoms in total. The van der Waals surface area contributed by atoms with E-state index in [0.717, 1.165) is 0 Å². The summed E-state index contributed by atoms with van der Waals surface area (Å²) in [6, 6.07) is -0.488. The first kappa shape index (κ1) is 18.0. The van der Waals surface area contributed by atoms with Crippen molar-refractivity contribution in [3.8, 4) is 0 Å². The molecule has 0 bridgehead atoms. The second kappa shape index (κ2) is 7.82. The van der Waals surface area contributed by atoms with E-state index < -0.39 is 35.4 Å². The molecule has 1 rings (SSSR count). The maximum absolute atomic E-state index is 12.3. The first-order valence-electron chi connectivity index (χ1n) is 7.37. The molecule has 1 amide bonds. The van der Waals surface area contributed by atoms with Gasteiger partial charge >= 0.3 is 18.0 Å². The lowest BCUT2D eigenvalue weighted by Crippen LogP contribution is -2.56. The van der Waals surface area contributed by atoms with Crippen LogP contribution in [0.15, 0.2) is 12.2 Å².